The number of nitrogens with zero attached hydrogens (tertiary/aromatic N) is 1. The third-order valence-electron chi connectivity index (χ3n) is 5.82. The van der Waals surface area contributed by atoms with Crippen LogP contribution in [0.5, 0.6) is 5.75 Å². The van der Waals surface area contributed by atoms with Gasteiger partial charge >= 0.3 is 0 Å². The van der Waals surface area contributed by atoms with Crippen LogP contribution in [0.25, 0.3) is 0 Å². The number of sulfonamides is 1. The summed E-state index contributed by atoms with van der Waals surface area (Å²) in [5, 5.41) is 2.80. The van der Waals surface area contributed by atoms with Crippen molar-refractivity contribution in [2.75, 3.05) is 18.4 Å². The molecule has 1 heterocycles. The third-order valence-corrected chi connectivity index (χ3v) is 7.67. The molecule has 1 aliphatic heterocycles. The molecule has 0 radical (unpaired) electrons. The van der Waals surface area contributed by atoms with Gasteiger partial charge in [-0.2, -0.15) is 4.31 Å². The number of carbonyl (C=O) groups excluding carboxylic acids is 1. The van der Waals surface area contributed by atoms with Crippen molar-refractivity contribution in [2.24, 2.45) is 11.8 Å². The van der Waals surface area contributed by atoms with E-state index in [0.29, 0.717) is 36.4 Å². The van der Waals surface area contributed by atoms with Gasteiger partial charge < -0.3 is 10.1 Å². The second-order valence-electron chi connectivity index (χ2n) is 8.74. The van der Waals surface area contributed by atoms with E-state index < -0.39 is 16.1 Å². The van der Waals surface area contributed by atoms with E-state index in [1.165, 1.54) is 0 Å². The Hall–Kier alpha value is -2.38. The molecular formula is C24H32N2O4S. The highest BCUT2D eigenvalue weighted by atomic mass is 32.2. The van der Waals surface area contributed by atoms with Crippen molar-refractivity contribution in [3.05, 3.63) is 53.6 Å². The molecule has 2 aromatic carbocycles. The Morgan fingerprint density at radius 1 is 1.06 bits per heavy atom. The van der Waals surface area contributed by atoms with Gasteiger partial charge in [0.1, 0.15) is 5.75 Å². The molecule has 1 N–H and O–H groups in total. The van der Waals surface area contributed by atoms with E-state index in [4.69, 9.17) is 4.74 Å². The Morgan fingerprint density at radius 2 is 1.68 bits per heavy atom. The number of rotatable bonds is 6. The van der Waals surface area contributed by atoms with Crippen LogP contribution in [-0.2, 0) is 14.8 Å². The number of aryl methyl sites for hydroxylation is 1. The number of hydrogen-bond donors (Lipinski definition) is 1. The predicted octanol–water partition coefficient (Wildman–Crippen LogP) is 4.38. The highest BCUT2D eigenvalue weighted by molar-refractivity contribution is 7.89. The molecule has 0 saturated carbocycles. The average molecular weight is 445 g/mol. The normalized spacial score (nSPS) is 20.8. The first kappa shape index (κ1) is 23.3. The van der Waals surface area contributed by atoms with Crippen molar-refractivity contribution < 1.29 is 17.9 Å². The predicted molar refractivity (Wildman–Crippen MR) is 123 cm³/mol. The standard InChI is InChI=1S/C24H32N2O4S/c1-16-13-17(2)15-26(14-16)31(28,29)22-11-9-21(10-12-22)25-24(27)20(5)30-23-8-6-7-18(3)19(23)4/h6-12,16-17,20H,13-15H2,1-5H3,(H,25,27). The number of carbonyl (C=O) groups is 1. The lowest BCUT2D eigenvalue weighted by Crippen LogP contribution is -2.42. The van der Waals surface area contributed by atoms with Crippen LogP contribution in [0.15, 0.2) is 47.4 Å². The van der Waals surface area contributed by atoms with Gasteiger partial charge in [0.2, 0.25) is 10.0 Å². The summed E-state index contributed by atoms with van der Waals surface area (Å²) in [6.45, 7) is 10.9. The quantitative estimate of drug-likeness (QED) is 0.718. The first-order valence-electron chi connectivity index (χ1n) is 10.7. The molecule has 0 aromatic heterocycles. The van der Waals surface area contributed by atoms with E-state index in [9.17, 15) is 13.2 Å². The number of anilines is 1. The lowest BCUT2D eigenvalue weighted by atomic mass is 9.94. The summed E-state index contributed by atoms with van der Waals surface area (Å²) in [5.74, 6) is 1.07. The van der Waals surface area contributed by atoms with Gasteiger partial charge in [-0.05, 0) is 80.5 Å². The van der Waals surface area contributed by atoms with Gasteiger partial charge in [0.05, 0.1) is 4.90 Å². The van der Waals surface area contributed by atoms with Crippen LogP contribution in [0, 0.1) is 25.7 Å². The molecule has 1 fully saturated rings. The largest absolute Gasteiger partial charge is 0.481 e. The van der Waals surface area contributed by atoms with E-state index in [1.54, 1.807) is 35.5 Å². The minimum absolute atomic E-state index is 0.242. The average Bonchev–Trinajstić information content (AvgIpc) is 2.71. The fourth-order valence-corrected chi connectivity index (χ4v) is 5.68. The number of piperidine rings is 1. The summed E-state index contributed by atoms with van der Waals surface area (Å²) in [5.41, 5.74) is 2.62. The molecule has 0 bridgehead atoms. The molecule has 3 rings (SSSR count). The summed E-state index contributed by atoms with van der Waals surface area (Å²) >= 11 is 0. The van der Waals surface area contributed by atoms with Crippen molar-refractivity contribution in [2.45, 2.75) is 52.0 Å². The minimum Gasteiger partial charge on any atom is -0.481 e. The molecule has 1 amide bonds. The van der Waals surface area contributed by atoms with Crippen LogP contribution in [-0.4, -0.2) is 37.8 Å². The fourth-order valence-electron chi connectivity index (χ4n) is 4.00. The number of hydrogen-bond acceptors (Lipinski definition) is 4. The molecular weight excluding hydrogens is 412 g/mol. The Balaban J connectivity index is 1.66. The molecule has 168 valence electrons. The molecule has 6 nitrogen and oxygen atoms in total. The number of ether oxygens (including phenoxy) is 1. The summed E-state index contributed by atoms with van der Waals surface area (Å²) in [6, 6.07) is 12.1. The Morgan fingerprint density at radius 3 is 2.29 bits per heavy atom. The first-order valence-corrected chi connectivity index (χ1v) is 12.2. The Labute approximate surface area is 185 Å². The van der Waals surface area contributed by atoms with E-state index in [2.05, 4.69) is 19.2 Å². The lowest BCUT2D eigenvalue weighted by molar-refractivity contribution is -0.122. The molecule has 1 aliphatic rings. The molecule has 3 atom stereocenters. The van der Waals surface area contributed by atoms with Crippen LogP contribution in [0.2, 0.25) is 0 Å². The number of amides is 1. The van der Waals surface area contributed by atoms with Crippen LogP contribution < -0.4 is 10.1 Å². The zero-order chi connectivity index (χ0) is 22.8. The Bertz CT molecular complexity index is 1020. The zero-order valence-corrected chi connectivity index (χ0v) is 19.7. The smallest absolute Gasteiger partial charge is 0.265 e. The summed E-state index contributed by atoms with van der Waals surface area (Å²) in [6.07, 6.45) is 0.347. The maximum absolute atomic E-state index is 13.0. The third kappa shape index (κ3) is 5.46. The van der Waals surface area contributed by atoms with Gasteiger partial charge in [0, 0.05) is 18.8 Å². The molecule has 0 aliphatic carbocycles. The van der Waals surface area contributed by atoms with Crippen molar-refractivity contribution >= 4 is 21.6 Å². The van der Waals surface area contributed by atoms with Crippen molar-refractivity contribution in [3.8, 4) is 5.75 Å². The number of benzene rings is 2. The zero-order valence-electron chi connectivity index (χ0n) is 18.9. The molecule has 31 heavy (non-hydrogen) atoms. The lowest BCUT2D eigenvalue weighted by Gasteiger charge is -2.34. The second kappa shape index (κ2) is 9.40. The maximum atomic E-state index is 13.0. The molecule has 1 saturated heterocycles. The van der Waals surface area contributed by atoms with Gasteiger partial charge in [-0.15, -0.1) is 0 Å². The minimum atomic E-state index is -3.54. The van der Waals surface area contributed by atoms with Crippen molar-refractivity contribution in [3.63, 3.8) is 0 Å². The SMILES string of the molecule is Cc1cccc(OC(C)C(=O)Nc2ccc(S(=O)(=O)N3CC(C)CC(C)C3)cc2)c1C. The maximum Gasteiger partial charge on any atom is 0.265 e. The second-order valence-corrected chi connectivity index (χ2v) is 10.7. The highest BCUT2D eigenvalue weighted by Crippen LogP contribution is 2.27. The van der Waals surface area contributed by atoms with Gasteiger partial charge in [-0.25, -0.2) is 8.42 Å². The van der Waals surface area contributed by atoms with Crippen LogP contribution in [0.3, 0.4) is 0 Å². The Kier molecular flexibility index (Phi) is 7.06. The summed E-state index contributed by atoms with van der Waals surface area (Å²) in [4.78, 5) is 12.8. The van der Waals surface area contributed by atoms with Gasteiger partial charge in [-0.1, -0.05) is 26.0 Å². The molecule has 7 heteroatoms. The fraction of sp³-hybridized carbons (Fsp3) is 0.458. The van der Waals surface area contributed by atoms with Crippen LogP contribution >= 0.6 is 0 Å². The topological polar surface area (TPSA) is 75.7 Å². The first-order chi connectivity index (χ1) is 14.6. The summed E-state index contributed by atoms with van der Waals surface area (Å²) < 4.78 is 33.4. The van der Waals surface area contributed by atoms with E-state index >= 15 is 0 Å². The highest BCUT2D eigenvalue weighted by Gasteiger charge is 2.31. The van der Waals surface area contributed by atoms with Crippen LogP contribution in [0.1, 0.15) is 38.3 Å². The van der Waals surface area contributed by atoms with E-state index in [0.717, 1.165) is 17.5 Å². The van der Waals surface area contributed by atoms with Gasteiger partial charge in [0.25, 0.3) is 5.91 Å². The number of nitrogens with one attached hydrogen (secondary N) is 1. The van der Waals surface area contributed by atoms with E-state index in [1.807, 2.05) is 32.0 Å². The van der Waals surface area contributed by atoms with Crippen molar-refractivity contribution in [1.82, 2.24) is 4.31 Å². The summed E-state index contributed by atoms with van der Waals surface area (Å²) in [7, 11) is -3.54. The van der Waals surface area contributed by atoms with Gasteiger partial charge in [-0.3, -0.25) is 4.79 Å². The van der Waals surface area contributed by atoms with Gasteiger partial charge in [0.15, 0.2) is 6.10 Å². The molecule has 0 spiro atoms. The monoisotopic (exact) mass is 444 g/mol. The molecule has 3 unspecified atom stereocenters. The van der Waals surface area contributed by atoms with E-state index in [-0.39, 0.29) is 10.8 Å². The van der Waals surface area contributed by atoms with Crippen molar-refractivity contribution in [1.29, 1.82) is 0 Å². The van der Waals surface area contributed by atoms with Crippen LogP contribution in [0.4, 0.5) is 5.69 Å². The molecule has 2 aromatic rings.